The Morgan fingerprint density at radius 2 is 1.85 bits per heavy atom. The number of imidazole rings is 1. The molecule has 1 N–H and O–H groups in total. The van der Waals surface area contributed by atoms with Crippen LogP contribution in [-0.4, -0.2) is 27.4 Å². The monoisotopic (exact) mass is 378 g/mol. The molecule has 6 heteroatoms. The first kappa shape index (κ1) is 20.2. The van der Waals surface area contributed by atoms with Crippen molar-refractivity contribution in [3.8, 4) is 5.75 Å². The number of hydrogen-bond acceptors (Lipinski definition) is 3. The zero-order valence-electron chi connectivity index (χ0n) is 14.9. The Morgan fingerprint density at radius 1 is 1.15 bits per heavy atom. The third kappa shape index (κ3) is 4.54. The largest absolute Gasteiger partial charge is 0.491 e. The van der Waals surface area contributed by atoms with Gasteiger partial charge in [0.1, 0.15) is 30.1 Å². The van der Waals surface area contributed by atoms with Gasteiger partial charge in [-0.15, -0.1) is 12.4 Å². The lowest BCUT2D eigenvalue weighted by molar-refractivity contribution is 0.0924. The predicted molar refractivity (Wildman–Crippen MR) is 104 cm³/mol. The number of rotatable bonds is 7. The van der Waals surface area contributed by atoms with E-state index in [0.29, 0.717) is 18.2 Å². The molecule has 0 aliphatic carbocycles. The van der Waals surface area contributed by atoms with Gasteiger partial charge in [0.15, 0.2) is 0 Å². The number of aliphatic hydroxyl groups is 1. The van der Waals surface area contributed by atoms with Crippen LogP contribution in [0.3, 0.4) is 0 Å². The van der Waals surface area contributed by atoms with Crippen LogP contribution in [0.25, 0.3) is 11.0 Å². The molecule has 0 fully saturated rings. The molecule has 4 nitrogen and oxygen atoms in total. The highest BCUT2D eigenvalue weighted by molar-refractivity contribution is 5.85. The first-order valence-electron chi connectivity index (χ1n) is 8.60. The van der Waals surface area contributed by atoms with Gasteiger partial charge in [-0.3, -0.25) is 0 Å². The van der Waals surface area contributed by atoms with Gasteiger partial charge in [-0.1, -0.05) is 26.0 Å². The number of nitrogens with zero attached hydrogens (tertiary/aromatic N) is 2. The van der Waals surface area contributed by atoms with E-state index >= 15 is 0 Å². The molecule has 0 radical (unpaired) electrons. The molecule has 0 saturated carbocycles. The van der Waals surface area contributed by atoms with Crippen LogP contribution in [0.1, 0.15) is 32.0 Å². The molecule has 0 aliphatic rings. The van der Waals surface area contributed by atoms with Crippen molar-refractivity contribution in [1.29, 1.82) is 0 Å². The van der Waals surface area contributed by atoms with Crippen molar-refractivity contribution in [3.05, 3.63) is 60.2 Å². The van der Waals surface area contributed by atoms with Crippen molar-refractivity contribution in [3.63, 3.8) is 0 Å². The fourth-order valence-electron chi connectivity index (χ4n) is 2.83. The van der Waals surface area contributed by atoms with Gasteiger partial charge in [0.2, 0.25) is 0 Å². The molecule has 0 spiro atoms. The van der Waals surface area contributed by atoms with Crippen LogP contribution < -0.4 is 4.74 Å². The molecule has 0 bridgehead atoms. The van der Waals surface area contributed by atoms with E-state index < -0.39 is 6.10 Å². The summed E-state index contributed by atoms with van der Waals surface area (Å²) in [5.41, 5.74) is 1.95. The van der Waals surface area contributed by atoms with Crippen LogP contribution in [0.5, 0.6) is 5.75 Å². The third-order valence-corrected chi connectivity index (χ3v) is 4.39. The standard InChI is InChI=1S/C20H23FN2O2.ClH/c1-3-14(2)20-22-18-6-4-5-7-19(18)23(20)12-16(24)13-25-17-10-8-15(21)9-11-17;/h4-11,14,16,24H,3,12-13H2,1-2H3;1H. The minimum atomic E-state index is -0.689. The number of halogens is 2. The van der Waals surface area contributed by atoms with Gasteiger partial charge in [0, 0.05) is 5.92 Å². The predicted octanol–water partition coefficient (Wildman–Crippen LogP) is 4.55. The Bertz CT molecular complexity index is 835. The number of fused-ring (bicyclic) bond motifs is 1. The molecule has 140 valence electrons. The minimum absolute atomic E-state index is 0. The molecule has 0 saturated heterocycles. The van der Waals surface area contributed by atoms with E-state index in [1.54, 1.807) is 12.1 Å². The highest BCUT2D eigenvalue weighted by Gasteiger charge is 2.18. The molecular weight excluding hydrogens is 355 g/mol. The van der Waals surface area contributed by atoms with Gasteiger partial charge in [-0.05, 0) is 42.8 Å². The molecule has 26 heavy (non-hydrogen) atoms. The highest BCUT2D eigenvalue weighted by Crippen LogP contribution is 2.24. The number of hydrogen-bond donors (Lipinski definition) is 1. The van der Waals surface area contributed by atoms with Crippen LogP contribution in [0.4, 0.5) is 4.39 Å². The maximum Gasteiger partial charge on any atom is 0.123 e. The molecule has 2 unspecified atom stereocenters. The third-order valence-electron chi connectivity index (χ3n) is 4.39. The van der Waals surface area contributed by atoms with E-state index in [2.05, 4.69) is 18.4 Å². The minimum Gasteiger partial charge on any atom is -0.491 e. The molecule has 2 aromatic carbocycles. The van der Waals surface area contributed by atoms with Gasteiger partial charge in [-0.25, -0.2) is 9.37 Å². The first-order chi connectivity index (χ1) is 12.1. The van der Waals surface area contributed by atoms with Crippen LogP contribution in [0.2, 0.25) is 0 Å². The quantitative estimate of drug-likeness (QED) is 0.656. The number of ether oxygens (including phenoxy) is 1. The zero-order valence-corrected chi connectivity index (χ0v) is 15.7. The molecule has 0 amide bonds. The van der Waals surface area contributed by atoms with E-state index in [0.717, 1.165) is 23.3 Å². The van der Waals surface area contributed by atoms with Crippen LogP contribution >= 0.6 is 12.4 Å². The van der Waals surface area contributed by atoms with E-state index in [1.165, 1.54) is 12.1 Å². The fourth-order valence-corrected chi connectivity index (χ4v) is 2.83. The van der Waals surface area contributed by atoms with Crippen molar-refractivity contribution >= 4 is 23.4 Å². The second-order valence-corrected chi connectivity index (χ2v) is 6.30. The van der Waals surface area contributed by atoms with Crippen LogP contribution in [-0.2, 0) is 6.54 Å². The second kappa shape index (κ2) is 9.01. The van der Waals surface area contributed by atoms with Crippen molar-refractivity contribution in [1.82, 2.24) is 9.55 Å². The Labute approximate surface area is 159 Å². The molecule has 3 aromatic rings. The number of aromatic nitrogens is 2. The van der Waals surface area contributed by atoms with Crippen molar-refractivity contribution in [2.45, 2.75) is 38.8 Å². The average Bonchev–Trinajstić information content (AvgIpc) is 2.99. The summed E-state index contributed by atoms with van der Waals surface area (Å²) in [5, 5.41) is 10.4. The SMILES string of the molecule is CCC(C)c1nc2ccccc2n1CC(O)COc1ccc(F)cc1.Cl. The van der Waals surface area contributed by atoms with Crippen LogP contribution in [0.15, 0.2) is 48.5 Å². The number of aliphatic hydroxyl groups excluding tert-OH is 1. The van der Waals surface area contributed by atoms with Crippen LogP contribution in [0, 0.1) is 5.82 Å². The highest BCUT2D eigenvalue weighted by atomic mass is 35.5. The molecule has 3 rings (SSSR count). The van der Waals surface area contributed by atoms with E-state index in [9.17, 15) is 9.50 Å². The lowest BCUT2D eigenvalue weighted by atomic mass is 10.1. The topological polar surface area (TPSA) is 47.3 Å². The Hall–Kier alpha value is -2.11. The van der Waals surface area contributed by atoms with Gasteiger partial charge in [-0.2, -0.15) is 0 Å². The summed E-state index contributed by atoms with van der Waals surface area (Å²) in [6.45, 7) is 4.81. The van der Waals surface area contributed by atoms with Gasteiger partial charge < -0.3 is 14.4 Å². The van der Waals surface area contributed by atoms with Crippen molar-refractivity contribution < 1.29 is 14.2 Å². The normalized spacial score (nSPS) is 13.2. The van der Waals surface area contributed by atoms with Gasteiger partial charge >= 0.3 is 0 Å². The summed E-state index contributed by atoms with van der Waals surface area (Å²) < 4.78 is 20.6. The zero-order chi connectivity index (χ0) is 17.8. The molecule has 1 aromatic heterocycles. The van der Waals surface area contributed by atoms with E-state index in [4.69, 9.17) is 9.72 Å². The summed E-state index contributed by atoms with van der Waals surface area (Å²) in [7, 11) is 0. The first-order valence-corrected chi connectivity index (χ1v) is 8.60. The maximum absolute atomic E-state index is 12.9. The molecular formula is C20H24ClFN2O2. The number of benzene rings is 2. The summed E-state index contributed by atoms with van der Waals surface area (Å²) in [5.74, 6) is 1.51. The van der Waals surface area contributed by atoms with Crippen molar-refractivity contribution in [2.24, 2.45) is 0 Å². The summed E-state index contributed by atoms with van der Waals surface area (Å²) in [6.07, 6.45) is 0.288. The average molecular weight is 379 g/mol. The maximum atomic E-state index is 12.9. The molecule has 2 atom stereocenters. The fraction of sp³-hybridized carbons (Fsp3) is 0.350. The van der Waals surface area contributed by atoms with Crippen molar-refractivity contribution in [2.75, 3.05) is 6.61 Å². The second-order valence-electron chi connectivity index (χ2n) is 6.30. The smallest absolute Gasteiger partial charge is 0.123 e. The lowest BCUT2D eigenvalue weighted by Gasteiger charge is -2.17. The summed E-state index contributed by atoms with van der Waals surface area (Å²) >= 11 is 0. The molecule has 0 aliphatic heterocycles. The summed E-state index contributed by atoms with van der Waals surface area (Å²) in [6, 6.07) is 13.7. The Kier molecular flexibility index (Phi) is 7.00. The van der Waals surface area contributed by atoms with E-state index in [-0.39, 0.29) is 24.8 Å². The Morgan fingerprint density at radius 3 is 2.54 bits per heavy atom. The number of para-hydroxylation sites is 2. The van der Waals surface area contributed by atoms with Gasteiger partial charge in [0.05, 0.1) is 17.6 Å². The van der Waals surface area contributed by atoms with Gasteiger partial charge in [0.25, 0.3) is 0 Å². The summed E-state index contributed by atoms with van der Waals surface area (Å²) in [4.78, 5) is 4.73. The Balaban J connectivity index is 0.00000243. The lowest BCUT2D eigenvalue weighted by Crippen LogP contribution is -2.25. The van der Waals surface area contributed by atoms with E-state index in [1.807, 2.05) is 24.3 Å². The molecule has 1 heterocycles.